The summed E-state index contributed by atoms with van der Waals surface area (Å²) < 4.78 is 35.1. The van der Waals surface area contributed by atoms with E-state index in [-0.39, 0.29) is 12.5 Å². The lowest BCUT2D eigenvalue weighted by Crippen LogP contribution is -2.48. The van der Waals surface area contributed by atoms with Crippen LogP contribution in [0, 0.1) is 17.6 Å². The van der Waals surface area contributed by atoms with Crippen molar-refractivity contribution in [1.82, 2.24) is 4.90 Å². The molecule has 1 aliphatic heterocycles. The Hall–Kier alpha value is -4.07. The first-order valence-corrected chi connectivity index (χ1v) is 14.0. The Morgan fingerprint density at radius 3 is 1.68 bits per heavy atom. The molecule has 1 saturated heterocycles. The number of rotatable bonds is 9. The van der Waals surface area contributed by atoms with E-state index in [1.807, 2.05) is 60.7 Å². The maximum Gasteiger partial charge on any atom is 0.420 e. The van der Waals surface area contributed by atoms with E-state index in [1.54, 1.807) is 24.3 Å². The van der Waals surface area contributed by atoms with Gasteiger partial charge in [-0.2, -0.15) is 0 Å². The average Bonchev–Trinajstić information content (AvgIpc) is 3.01. The fourth-order valence-electron chi connectivity index (χ4n) is 5.79. The number of piperidine rings is 1. The predicted octanol–water partition coefficient (Wildman–Crippen LogP) is 7.28. The van der Waals surface area contributed by atoms with Gasteiger partial charge in [0.25, 0.3) is 0 Å². The van der Waals surface area contributed by atoms with Crippen molar-refractivity contribution >= 4 is 17.5 Å². The predicted molar refractivity (Wildman–Crippen MR) is 156 cm³/mol. The molecule has 0 radical (unpaired) electrons. The topological polar surface area (TPSA) is 53.0 Å². The summed E-state index contributed by atoms with van der Waals surface area (Å²) in [5.41, 5.74) is 1.19. The lowest BCUT2D eigenvalue weighted by atomic mass is 9.71. The third kappa shape index (κ3) is 6.32. The smallest absolute Gasteiger partial charge is 0.420 e. The van der Waals surface area contributed by atoms with Crippen molar-refractivity contribution in [3.63, 3.8) is 0 Å². The minimum atomic E-state index is -1.32. The Morgan fingerprint density at radius 1 is 0.780 bits per heavy atom. The summed E-state index contributed by atoms with van der Waals surface area (Å²) in [4.78, 5) is 18.2. The summed E-state index contributed by atoms with van der Waals surface area (Å²) in [6.45, 7) is 2.39. The van der Waals surface area contributed by atoms with Crippen LogP contribution in [0.2, 0.25) is 0 Å². The Morgan fingerprint density at radius 2 is 1.24 bits per heavy atom. The SMILES string of the molecule is O=C(OC(c1ccc(F)cc1)(c1ccc(F)cc1)C1CCN(CCCO)CC1)N(c1ccccc1)c1ccccc1. The van der Waals surface area contributed by atoms with Crippen LogP contribution < -0.4 is 4.90 Å². The molecule has 1 N–H and O–H groups in total. The third-order valence-electron chi connectivity index (χ3n) is 7.80. The lowest BCUT2D eigenvalue weighted by Gasteiger charge is -2.45. The van der Waals surface area contributed by atoms with Crippen molar-refractivity contribution in [3.05, 3.63) is 132 Å². The Bertz CT molecular complexity index is 1310. The molecule has 0 spiro atoms. The number of hydrogen-bond acceptors (Lipinski definition) is 4. The van der Waals surface area contributed by atoms with Gasteiger partial charge in [-0.1, -0.05) is 60.7 Å². The molecule has 1 amide bonds. The Kier molecular flexibility index (Phi) is 9.07. The summed E-state index contributed by atoms with van der Waals surface area (Å²) >= 11 is 0. The lowest BCUT2D eigenvalue weighted by molar-refractivity contribution is -0.0264. The molecule has 0 saturated carbocycles. The number of aliphatic hydroxyl groups is 1. The zero-order chi connectivity index (χ0) is 28.7. The number of anilines is 2. The summed E-state index contributed by atoms with van der Waals surface area (Å²) in [5.74, 6) is -0.981. The van der Waals surface area contributed by atoms with Gasteiger partial charge in [-0.25, -0.2) is 18.5 Å². The summed E-state index contributed by atoms with van der Waals surface area (Å²) in [6, 6.07) is 30.6. The number of carbonyl (C=O) groups is 1. The van der Waals surface area contributed by atoms with E-state index < -0.39 is 23.3 Å². The van der Waals surface area contributed by atoms with E-state index >= 15 is 0 Å². The second-order valence-corrected chi connectivity index (χ2v) is 10.3. The Balaban J connectivity index is 1.62. The van der Waals surface area contributed by atoms with Crippen LogP contribution in [0.25, 0.3) is 0 Å². The van der Waals surface area contributed by atoms with Crippen LogP contribution in [0.3, 0.4) is 0 Å². The number of carbonyl (C=O) groups excluding carboxylic acids is 1. The number of benzene rings is 4. The van der Waals surface area contributed by atoms with Crippen molar-refractivity contribution < 1.29 is 23.4 Å². The van der Waals surface area contributed by atoms with Gasteiger partial charge in [0.1, 0.15) is 11.6 Å². The number of hydrogen-bond donors (Lipinski definition) is 1. The number of para-hydroxylation sites is 2. The highest BCUT2D eigenvalue weighted by atomic mass is 19.1. The molecule has 41 heavy (non-hydrogen) atoms. The van der Waals surface area contributed by atoms with Gasteiger partial charge in [-0.05, 0) is 80.9 Å². The molecule has 0 bridgehead atoms. The molecular weight excluding hydrogens is 522 g/mol. The quantitative estimate of drug-likeness (QED) is 0.235. The van der Waals surface area contributed by atoms with E-state index in [0.717, 1.165) is 19.6 Å². The monoisotopic (exact) mass is 556 g/mol. The van der Waals surface area contributed by atoms with Crippen LogP contribution in [0.4, 0.5) is 25.0 Å². The van der Waals surface area contributed by atoms with Gasteiger partial charge in [0.05, 0.1) is 11.4 Å². The molecule has 5 nitrogen and oxygen atoms in total. The summed E-state index contributed by atoms with van der Waals surface area (Å²) in [7, 11) is 0. The standard InChI is InChI=1S/C34H34F2N2O3/c35-29-16-12-26(13-17-29)34(27-14-18-30(36)19-15-27,28-20-23-37(24-21-28)22-7-25-39)41-33(40)38(31-8-3-1-4-9-31)32-10-5-2-6-11-32/h1-6,8-19,28,39H,7,20-25H2. The van der Waals surface area contributed by atoms with Gasteiger partial charge in [-0.15, -0.1) is 0 Å². The molecule has 4 aromatic carbocycles. The van der Waals surface area contributed by atoms with Crippen LogP contribution in [0.1, 0.15) is 30.4 Å². The van der Waals surface area contributed by atoms with Gasteiger partial charge >= 0.3 is 6.09 Å². The van der Waals surface area contributed by atoms with Gasteiger partial charge in [0.2, 0.25) is 0 Å². The van der Waals surface area contributed by atoms with E-state index in [4.69, 9.17) is 4.74 Å². The fraction of sp³-hybridized carbons (Fsp3) is 0.265. The largest absolute Gasteiger partial charge is 0.432 e. The van der Waals surface area contributed by atoms with Crippen LogP contribution in [-0.2, 0) is 10.3 Å². The molecule has 1 fully saturated rings. The maximum atomic E-state index is 14.4. The fourth-order valence-corrected chi connectivity index (χ4v) is 5.79. The zero-order valence-corrected chi connectivity index (χ0v) is 22.8. The second-order valence-electron chi connectivity index (χ2n) is 10.3. The van der Waals surface area contributed by atoms with Crippen LogP contribution in [0.5, 0.6) is 0 Å². The highest BCUT2D eigenvalue weighted by Crippen LogP contribution is 2.46. The van der Waals surface area contributed by atoms with Gasteiger partial charge in [0, 0.05) is 30.2 Å². The molecule has 0 aromatic heterocycles. The number of likely N-dealkylation sites (tertiary alicyclic amines) is 1. The minimum Gasteiger partial charge on any atom is -0.432 e. The van der Waals surface area contributed by atoms with Crippen molar-refractivity contribution in [2.75, 3.05) is 31.1 Å². The third-order valence-corrected chi connectivity index (χ3v) is 7.80. The van der Waals surface area contributed by atoms with Gasteiger partial charge < -0.3 is 14.7 Å². The molecule has 7 heteroatoms. The van der Waals surface area contributed by atoms with Crippen LogP contribution >= 0.6 is 0 Å². The van der Waals surface area contributed by atoms with E-state index in [0.29, 0.717) is 41.8 Å². The highest BCUT2D eigenvalue weighted by Gasteiger charge is 2.48. The minimum absolute atomic E-state index is 0.126. The molecule has 212 valence electrons. The van der Waals surface area contributed by atoms with E-state index in [2.05, 4.69) is 4.90 Å². The van der Waals surface area contributed by atoms with Gasteiger partial charge in [-0.3, -0.25) is 0 Å². The number of nitrogens with zero attached hydrogens (tertiary/aromatic N) is 2. The molecule has 1 heterocycles. The van der Waals surface area contributed by atoms with Gasteiger partial charge in [0.15, 0.2) is 5.60 Å². The molecule has 4 aromatic rings. The molecule has 0 aliphatic carbocycles. The maximum absolute atomic E-state index is 14.4. The highest BCUT2D eigenvalue weighted by molar-refractivity contribution is 5.96. The molecule has 1 aliphatic rings. The van der Waals surface area contributed by atoms with E-state index in [9.17, 15) is 18.7 Å². The van der Waals surface area contributed by atoms with E-state index in [1.165, 1.54) is 29.2 Å². The summed E-state index contributed by atoms with van der Waals surface area (Å²) in [5, 5.41) is 9.31. The van der Waals surface area contributed by atoms with Crippen molar-refractivity contribution in [1.29, 1.82) is 0 Å². The van der Waals surface area contributed by atoms with Crippen molar-refractivity contribution in [2.45, 2.75) is 24.9 Å². The molecule has 0 unspecified atom stereocenters. The first-order valence-electron chi connectivity index (χ1n) is 14.0. The van der Waals surface area contributed by atoms with Crippen LogP contribution in [0.15, 0.2) is 109 Å². The number of ether oxygens (including phenoxy) is 1. The zero-order valence-electron chi connectivity index (χ0n) is 22.8. The average molecular weight is 557 g/mol. The van der Waals surface area contributed by atoms with Crippen molar-refractivity contribution in [2.24, 2.45) is 5.92 Å². The number of aliphatic hydroxyl groups excluding tert-OH is 1. The molecule has 0 atom stereocenters. The Labute approximate surface area is 239 Å². The summed E-state index contributed by atoms with van der Waals surface area (Å²) in [6.07, 6.45) is 1.46. The number of amides is 1. The molecular formula is C34H34F2N2O3. The normalized spacial score (nSPS) is 14.5. The first-order chi connectivity index (χ1) is 20.0. The molecule has 5 rings (SSSR count). The van der Waals surface area contributed by atoms with Crippen molar-refractivity contribution in [3.8, 4) is 0 Å². The number of halogens is 2. The first kappa shape index (κ1) is 28.5. The second kappa shape index (κ2) is 13.1. The van der Waals surface area contributed by atoms with Crippen LogP contribution in [-0.4, -0.2) is 42.3 Å².